The third-order valence-electron chi connectivity index (χ3n) is 13.7. The molecule has 5 heterocycles. The number of aliphatic hydroxyl groups excluding tert-OH is 1. The van der Waals surface area contributed by atoms with Gasteiger partial charge in [0.1, 0.15) is 18.3 Å². The van der Waals surface area contributed by atoms with Gasteiger partial charge in [-0.2, -0.15) is 5.70 Å². The Morgan fingerprint density at radius 1 is 0.902 bits per heavy atom. The Balaban J connectivity index is 0.00000704. The fourth-order valence-electron chi connectivity index (χ4n) is 9.54. The van der Waals surface area contributed by atoms with Crippen LogP contribution < -0.4 is 36.2 Å². The second-order valence-electron chi connectivity index (χ2n) is 17.7. The van der Waals surface area contributed by atoms with Gasteiger partial charge in [-0.1, -0.05) is 137 Å². The van der Waals surface area contributed by atoms with Gasteiger partial charge in [-0.05, 0) is 88.7 Å². The molecule has 0 amide bonds. The maximum atomic E-state index is 13.6. The van der Waals surface area contributed by atoms with E-state index in [2.05, 4.69) is 55.0 Å². The first-order chi connectivity index (χ1) is 28.7. The van der Waals surface area contributed by atoms with Gasteiger partial charge in [0.2, 0.25) is 0 Å². The summed E-state index contributed by atoms with van der Waals surface area (Å²) >= 11 is 0. The van der Waals surface area contributed by atoms with Crippen LogP contribution in [0.4, 0.5) is 0 Å². The fraction of sp³-hybridized carbons (Fsp3) is 0.529. The molecule has 1 aliphatic carbocycles. The minimum Gasteiger partial charge on any atom is -0.681 e. The minimum absolute atomic E-state index is 0. The number of methoxy groups -OCH3 is 1. The largest absolute Gasteiger partial charge is 2.00 e. The van der Waals surface area contributed by atoms with Gasteiger partial charge in [0.25, 0.3) is 0 Å². The number of fused-ring (bicyclic) bond motifs is 8. The van der Waals surface area contributed by atoms with Crippen LogP contribution in [0.25, 0.3) is 41.0 Å². The Morgan fingerprint density at radius 3 is 2.28 bits per heavy atom. The molecule has 6 rings (SSSR count). The van der Waals surface area contributed by atoms with E-state index in [4.69, 9.17) is 29.7 Å². The quantitative estimate of drug-likeness (QED) is 0.0857. The Morgan fingerprint density at radius 2 is 1.59 bits per heavy atom. The van der Waals surface area contributed by atoms with Crippen molar-refractivity contribution in [2.45, 2.75) is 133 Å². The number of hydrogen-bond donors (Lipinski definition) is 1. The predicted molar refractivity (Wildman–Crippen MR) is 247 cm³/mol. The van der Waals surface area contributed by atoms with Crippen LogP contribution in [-0.2, 0) is 25.5 Å². The van der Waals surface area contributed by atoms with Crippen molar-refractivity contribution in [3.63, 3.8) is 0 Å². The van der Waals surface area contributed by atoms with Crippen molar-refractivity contribution in [3.05, 3.63) is 95.4 Å². The maximum Gasteiger partial charge on any atom is 2.00 e. The zero-order valence-electron chi connectivity index (χ0n) is 38.4. The average molecular weight is 839 g/mol. The first-order valence-electron chi connectivity index (χ1n) is 22.3. The topological polar surface area (TPSA) is 129 Å². The molecule has 9 nitrogen and oxygen atoms in total. The summed E-state index contributed by atoms with van der Waals surface area (Å²) in [5, 5.41) is 19.9. The van der Waals surface area contributed by atoms with E-state index in [9.17, 15) is 14.7 Å². The number of esters is 2. The van der Waals surface area contributed by atoms with Crippen LogP contribution in [-0.4, -0.2) is 59.9 Å². The standard InChI is InChI=1S/C51H66N4O5.Mg/c1-12-28(4)17-15-18-29(5)19-16-20-30(6)23-24-60-44(56)22-21-37-33(9)40-25-38-31(7)35(13-2)42(52-38)26-39-32(8)36(14-3)43(53-39)27-41-34(10)45-49(55-41)46(48(37)54-40)47(50(45)57)51(58)59-11;/h13,23,25-29,33,37,47-48,57H,2,12,14-22,24H2,1,3-11H3;/q-4;+2/b30-23+,39-26-,40-25-,43-27-;/t28-,29-,33+,37+,47-,48?;/m1./s1. The molecule has 2 aliphatic heterocycles. The number of hydrogen-bond acceptors (Lipinski definition) is 5. The number of carbonyl (C=O) groups excluding carboxylic acids is 2. The summed E-state index contributed by atoms with van der Waals surface area (Å²) in [5.74, 6) is -0.804. The number of aromatic nitrogens is 3. The van der Waals surface area contributed by atoms with Gasteiger partial charge < -0.3 is 34.8 Å². The van der Waals surface area contributed by atoms with Gasteiger partial charge in [0.05, 0.1) is 7.11 Å². The van der Waals surface area contributed by atoms with E-state index in [0.717, 1.165) is 86.7 Å². The number of rotatable bonds is 17. The molecule has 324 valence electrons. The van der Waals surface area contributed by atoms with Crippen LogP contribution in [0.15, 0.2) is 23.9 Å². The second kappa shape index (κ2) is 20.8. The van der Waals surface area contributed by atoms with E-state index in [1.54, 1.807) is 0 Å². The van der Waals surface area contributed by atoms with Gasteiger partial charge in [0.15, 0.2) is 0 Å². The molecule has 3 aromatic heterocycles. The van der Waals surface area contributed by atoms with Gasteiger partial charge in [-0.25, -0.2) is 0 Å². The zero-order chi connectivity index (χ0) is 43.4. The molecule has 3 aliphatic rings. The van der Waals surface area contributed by atoms with E-state index in [-0.39, 0.29) is 59.6 Å². The molecule has 10 heteroatoms. The number of allylic oxidation sites excluding steroid dienone is 2. The predicted octanol–water partition coefficient (Wildman–Crippen LogP) is 7.24. The Labute approximate surface area is 379 Å². The van der Waals surface area contributed by atoms with Crippen molar-refractivity contribution in [1.82, 2.24) is 15.0 Å². The second-order valence-corrected chi connectivity index (χ2v) is 17.7. The van der Waals surface area contributed by atoms with Crippen LogP contribution in [0.1, 0.15) is 144 Å². The maximum absolute atomic E-state index is 13.6. The summed E-state index contributed by atoms with van der Waals surface area (Å²) in [6, 6.07) is -0.571. The molecule has 1 unspecified atom stereocenters. The molecule has 0 saturated carbocycles. The van der Waals surface area contributed by atoms with Crippen LogP contribution in [0.5, 0.6) is 0 Å². The molecule has 8 bridgehead atoms. The van der Waals surface area contributed by atoms with Crippen LogP contribution in [0, 0.1) is 50.4 Å². The van der Waals surface area contributed by atoms with E-state index in [1.807, 2.05) is 44.2 Å². The zero-order valence-corrected chi connectivity index (χ0v) is 39.8. The fourth-order valence-corrected chi connectivity index (χ4v) is 9.54. The number of carbonyl (C=O) groups is 2. The third-order valence-corrected chi connectivity index (χ3v) is 13.7. The van der Waals surface area contributed by atoms with Crippen molar-refractivity contribution in [2.24, 2.45) is 29.6 Å². The number of nitrogens with zero attached hydrogens (tertiary/aromatic N) is 4. The average Bonchev–Trinajstić information content (AvgIpc) is 3.97. The van der Waals surface area contributed by atoms with Gasteiger partial charge in [0, 0.05) is 11.6 Å². The number of aliphatic hydroxyl groups is 1. The van der Waals surface area contributed by atoms with E-state index in [1.165, 1.54) is 44.8 Å². The molecule has 1 N–H and O–H groups in total. The summed E-state index contributed by atoms with van der Waals surface area (Å²) < 4.78 is 11.1. The minimum atomic E-state index is -1.07. The normalized spacial score (nSPS) is 22.2. The van der Waals surface area contributed by atoms with Crippen molar-refractivity contribution in [2.75, 3.05) is 13.7 Å². The molecule has 1 saturated heterocycles. The van der Waals surface area contributed by atoms with Crippen molar-refractivity contribution >= 4 is 70.6 Å². The first kappa shape index (κ1) is 47.9. The van der Waals surface area contributed by atoms with Gasteiger partial charge in [-0.15, -0.1) is 33.1 Å². The molecule has 6 atom stereocenters. The molecule has 0 spiro atoms. The monoisotopic (exact) mass is 838 g/mol. The summed E-state index contributed by atoms with van der Waals surface area (Å²) in [6.07, 6.45) is 19.8. The van der Waals surface area contributed by atoms with E-state index >= 15 is 0 Å². The molecular formula is C51H66MgN4O5-2. The molecule has 61 heavy (non-hydrogen) atoms. The third kappa shape index (κ3) is 10.1. The summed E-state index contributed by atoms with van der Waals surface area (Å²) in [7, 11) is 1.33. The summed E-state index contributed by atoms with van der Waals surface area (Å²) in [6.45, 7) is 23.7. The smallest absolute Gasteiger partial charge is 0.681 e. The van der Waals surface area contributed by atoms with Crippen molar-refractivity contribution < 1.29 is 24.2 Å². The summed E-state index contributed by atoms with van der Waals surface area (Å²) in [4.78, 5) is 42.3. The number of ether oxygens (including phenoxy) is 2. The molecule has 3 aromatic rings. The first-order valence-corrected chi connectivity index (χ1v) is 22.3. The van der Waals surface area contributed by atoms with Crippen LogP contribution in [0.3, 0.4) is 0 Å². The van der Waals surface area contributed by atoms with Crippen molar-refractivity contribution in [1.29, 1.82) is 0 Å². The van der Waals surface area contributed by atoms with Crippen LogP contribution >= 0.6 is 0 Å². The molecule has 0 radical (unpaired) electrons. The Bertz CT molecular complexity index is 2430. The Kier molecular flexibility index (Phi) is 16.3. The van der Waals surface area contributed by atoms with Crippen LogP contribution in [0.2, 0.25) is 0 Å². The molecule has 0 aromatic carbocycles. The van der Waals surface area contributed by atoms with E-state index < -0.39 is 17.9 Å². The SMILES string of the molecule is C=Cc1c2[n-]c(c1C)/C=C1\[N-]C(C3=c4[n-]c(c(C)c4=C(O)[C@@H]3C(=O)OC)/C=c3\[n-]/c(c(C)c3CC)=C\2)[C@@H](CCC(=O)OC/C=C(\C)CCC[C@H](C)CCC[C@H](C)CC)[C@@H]1C.[Mg+2]. The Hall–Kier alpha value is -4.15. The van der Waals surface area contributed by atoms with Crippen molar-refractivity contribution in [3.8, 4) is 0 Å². The van der Waals surface area contributed by atoms with Gasteiger partial charge >= 0.3 is 35.0 Å². The van der Waals surface area contributed by atoms with E-state index in [0.29, 0.717) is 28.3 Å². The molecular weight excluding hydrogens is 773 g/mol. The van der Waals surface area contributed by atoms with Gasteiger partial charge in [-0.3, -0.25) is 9.59 Å². The molecule has 1 fully saturated rings. The summed E-state index contributed by atoms with van der Waals surface area (Å²) in [5.41, 5.74) is 9.72.